The lowest BCUT2D eigenvalue weighted by atomic mass is 9.60. The number of carboxylic acids is 1. The van der Waals surface area contributed by atoms with Gasteiger partial charge in [-0.05, 0) is 117 Å². The highest BCUT2D eigenvalue weighted by atomic mass is 16.4. The molecule has 0 radical (unpaired) electrons. The van der Waals surface area contributed by atoms with Gasteiger partial charge in [-0.2, -0.15) is 0 Å². The smallest absolute Gasteiger partial charge is 0.307 e. The Morgan fingerprint density at radius 3 is 2.41 bits per heavy atom. The van der Waals surface area contributed by atoms with E-state index in [0.29, 0.717) is 24.0 Å². The van der Waals surface area contributed by atoms with Gasteiger partial charge in [-0.1, -0.05) is 105 Å². The van der Waals surface area contributed by atoms with E-state index >= 15 is 0 Å². The first-order valence-electron chi connectivity index (χ1n) is 17.6. The molecule has 4 nitrogen and oxygen atoms in total. The van der Waals surface area contributed by atoms with E-state index in [1.54, 1.807) is 5.57 Å². The van der Waals surface area contributed by atoms with Crippen molar-refractivity contribution < 1.29 is 15.0 Å². The van der Waals surface area contributed by atoms with Crippen molar-refractivity contribution in [2.24, 2.45) is 23.5 Å². The van der Waals surface area contributed by atoms with Crippen LogP contribution in [-0.2, 0) is 16.6 Å². The summed E-state index contributed by atoms with van der Waals surface area (Å²) in [5, 5.41) is 20.6. The fraction of sp³-hybridized carbons (Fsp3) is 0.575. The molecule has 3 aliphatic rings. The second-order valence-corrected chi connectivity index (χ2v) is 14.1. The number of hydrogen-bond donors (Lipinski definition) is 3. The summed E-state index contributed by atoms with van der Waals surface area (Å²) >= 11 is 0. The summed E-state index contributed by atoms with van der Waals surface area (Å²) in [5.41, 5.74) is 10.9. The Morgan fingerprint density at radius 1 is 0.909 bits per heavy atom. The zero-order chi connectivity index (χ0) is 30.8. The number of hydrogen-bond acceptors (Lipinski definition) is 3. The highest BCUT2D eigenvalue weighted by Crippen LogP contribution is 2.48. The van der Waals surface area contributed by atoms with Crippen molar-refractivity contribution >= 4 is 5.97 Å². The van der Waals surface area contributed by atoms with E-state index in [1.165, 1.54) is 68.1 Å². The van der Waals surface area contributed by atoms with E-state index in [0.717, 1.165) is 63.8 Å². The summed E-state index contributed by atoms with van der Waals surface area (Å²) in [7, 11) is 0. The number of unbranched alkanes of at least 4 members (excludes halogenated alkanes) is 3. The van der Waals surface area contributed by atoms with E-state index in [-0.39, 0.29) is 11.3 Å². The number of aliphatic carboxylic acids is 1. The van der Waals surface area contributed by atoms with Gasteiger partial charge in [0.2, 0.25) is 0 Å². The minimum absolute atomic E-state index is 0.294. The summed E-state index contributed by atoms with van der Waals surface area (Å²) in [6.07, 6.45) is 25.9. The number of fused-ring (bicyclic) bond motifs is 3. The van der Waals surface area contributed by atoms with E-state index in [9.17, 15) is 15.0 Å². The molecule has 0 amide bonds. The summed E-state index contributed by atoms with van der Waals surface area (Å²) in [5.74, 6) is 0.832. The fourth-order valence-corrected chi connectivity index (χ4v) is 8.77. The van der Waals surface area contributed by atoms with Gasteiger partial charge in [0.15, 0.2) is 0 Å². The summed E-state index contributed by atoms with van der Waals surface area (Å²) < 4.78 is 0. The van der Waals surface area contributed by atoms with Crippen LogP contribution in [-0.4, -0.2) is 22.7 Å². The minimum atomic E-state index is -0.652. The molecule has 238 valence electrons. The number of benzene rings is 2. The normalized spacial score (nSPS) is 25.2. The van der Waals surface area contributed by atoms with Crippen molar-refractivity contribution in [3.05, 3.63) is 89.0 Å². The Kier molecular flexibility index (Phi) is 11.8. The standard InChI is InChI=1S/C40H55NO3/c41-26-23-31-18-17-30(27-31)11-4-1-2-5-13-33-14-6-7-16-38(39(43)44)40(24-8-3-9-25-40)35-15-10-12-32(28-35)29-37(33)34-19-21-36(42)22-20-34/h6-7,10,12,15,19-22,27-28,30,33,37-38,42H,1-5,8-9,11,13-14,16-18,23-26,29,41H2,(H,43,44). The van der Waals surface area contributed by atoms with Crippen molar-refractivity contribution in [1.82, 2.24) is 0 Å². The maximum atomic E-state index is 12.8. The molecule has 0 aliphatic heterocycles. The lowest BCUT2D eigenvalue weighted by molar-refractivity contribution is -0.145. The zero-order valence-electron chi connectivity index (χ0n) is 26.8. The molecule has 0 saturated heterocycles. The van der Waals surface area contributed by atoms with Gasteiger partial charge in [0, 0.05) is 5.41 Å². The van der Waals surface area contributed by atoms with Crippen LogP contribution < -0.4 is 5.73 Å². The molecule has 1 fully saturated rings. The van der Waals surface area contributed by atoms with Gasteiger partial charge >= 0.3 is 5.97 Å². The van der Waals surface area contributed by atoms with Crippen molar-refractivity contribution in [2.75, 3.05) is 6.54 Å². The maximum Gasteiger partial charge on any atom is 0.307 e. The molecule has 2 bridgehead atoms. The Morgan fingerprint density at radius 2 is 1.66 bits per heavy atom. The molecule has 0 aromatic heterocycles. The molecule has 2 aromatic rings. The predicted octanol–water partition coefficient (Wildman–Crippen LogP) is 9.61. The summed E-state index contributed by atoms with van der Waals surface area (Å²) in [4.78, 5) is 12.8. The molecular formula is C40H55NO3. The van der Waals surface area contributed by atoms with Gasteiger partial charge in [-0.15, -0.1) is 0 Å². The number of allylic oxidation sites excluding steroid dienone is 3. The Labute approximate surface area is 265 Å². The second kappa shape index (κ2) is 15.9. The van der Waals surface area contributed by atoms with Crippen LogP contribution in [0.4, 0.5) is 0 Å². The van der Waals surface area contributed by atoms with E-state index in [2.05, 4.69) is 54.6 Å². The molecular weight excluding hydrogens is 542 g/mol. The van der Waals surface area contributed by atoms with Crippen LogP contribution >= 0.6 is 0 Å². The van der Waals surface area contributed by atoms with Crippen molar-refractivity contribution in [1.29, 1.82) is 0 Å². The van der Waals surface area contributed by atoms with Crippen LogP contribution in [0.5, 0.6) is 5.75 Å². The molecule has 4 unspecified atom stereocenters. The van der Waals surface area contributed by atoms with Gasteiger partial charge in [-0.25, -0.2) is 0 Å². The van der Waals surface area contributed by atoms with Crippen LogP contribution in [0.15, 0.2) is 72.3 Å². The molecule has 5 rings (SSSR count). The van der Waals surface area contributed by atoms with Crippen molar-refractivity contribution in [2.45, 2.75) is 120 Å². The van der Waals surface area contributed by atoms with E-state index in [4.69, 9.17) is 5.73 Å². The SMILES string of the molecule is NCCC1=CC(CCCCCCC2CC=CCC(C(=O)O)C3(CCCCC3)c3cccc(c3)CC2c2ccc(O)cc2)CC1. The van der Waals surface area contributed by atoms with E-state index < -0.39 is 5.97 Å². The number of nitrogens with two attached hydrogens (primary N) is 1. The summed E-state index contributed by atoms with van der Waals surface area (Å²) in [6.45, 7) is 0.770. The maximum absolute atomic E-state index is 12.8. The third-order valence-electron chi connectivity index (χ3n) is 11.2. The fourth-order valence-electron chi connectivity index (χ4n) is 8.77. The zero-order valence-corrected chi connectivity index (χ0v) is 26.8. The molecule has 3 aliphatic carbocycles. The number of phenolic OH excluding ortho intramolecular Hbond substituents is 1. The molecule has 1 saturated carbocycles. The third-order valence-corrected chi connectivity index (χ3v) is 11.2. The summed E-state index contributed by atoms with van der Waals surface area (Å²) in [6, 6.07) is 16.9. The van der Waals surface area contributed by atoms with E-state index in [1.807, 2.05) is 12.1 Å². The predicted molar refractivity (Wildman–Crippen MR) is 181 cm³/mol. The van der Waals surface area contributed by atoms with Gasteiger partial charge in [0.1, 0.15) is 5.75 Å². The van der Waals surface area contributed by atoms with Crippen LogP contribution in [0.25, 0.3) is 0 Å². The Bertz CT molecular complexity index is 1260. The lowest BCUT2D eigenvalue weighted by Gasteiger charge is -2.42. The number of rotatable bonds is 11. The van der Waals surface area contributed by atoms with Gasteiger partial charge in [-0.3, -0.25) is 4.79 Å². The average molecular weight is 598 g/mol. The first kappa shape index (κ1) is 32.5. The molecule has 4 atom stereocenters. The van der Waals surface area contributed by atoms with Gasteiger partial charge < -0.3 is 15.9 Å². The van der Waals surface area contributed by atoms with Crippen LogP contribution in [0.3, 0.4) is 0 Å². The Hall–Kier alpha value is -2.85. The number of aromatic hydroxyl groups is 1. The van der Waals surface area contributed by atoms with Crippen molar-refractivity contribution in [3.8, 4) is 5.75 Å². The molecule has 2 aromatic carbocycles. The third kappa shape index (κ3) is 8.24. The quantitative estimate of drug-likeness (QED) is 0.178. The van der Waals surface area contributed by atoms with Crippen LogP contribution in [0, 0.1) is 17.8 Å². The second-order valence-electron chi connectivity index (χ2n) is 14.1. The van der Waals surface area contributed by atoms with Crippen LogP contribution in [0.1, 0.15) is 125 Å². The first-order chi connectivity index (χ1) is 21.5. The average Bonchev–Trinajstić information content (AvgIpc) is 3.48. The molecule has 4 N–H and O–H groups in total. The topological polar surface area (TPSA) is 83.6 Å². The minimum Gasteiger partial charge on any atom is -0.508 e. The lowest BCUT2D eigenvalue weighted by Crippen LogP contribution is -2.41. The van der Waals surface area contributed by atoms with Gasteiger partial charge in [0.25, 0.3) is 0 Å². The van der Waals surface area contributed by atoms with Crippen molar-refractivity contribution in [3.63, 3.8) is 0 Å². The highest BCUT2D eigenvalue weighted by Gasteiger charge is 2.44. The number of carbonyl (C=O) groups is 1. The Balaban J connectivity index is 1.32. The van der Waals surface area contributed by atoms with Crippen LogP contribution in [0.2, 0.25) is 0 Å². The monoisotopic (exact) mass is 597 g/mol. The largest absolute Gasteiger partial charge is 0.508 e. The first-order valence-corrected chi connectivity index (χ1v) is 17.6. The molecule has 44 heavy (non-hydrogen) atoms. The van der Waals surface area contributed by atoms with Gasteiger partial charge in [0.05, 0.1) is 5.92 Å². The number of carboxylic acid groups (broad SMARTS) is 1. The highest BCUT2D eigenvalue weighted by molar-refractivity contribution is 5.73. The molecule has 0 heterocycles. The number of phenols is 1. The molecule has 4 heteroatoms. The molecule has 1 spiro atoms.